The molecule has 0 saturated carbocycles. The van der Waals surface area contributed by atoms with E-state index in [4.69, 9.17) is 13.3 Å². The molecule has 0 aliphatic heterocycles. The first-order valence-electron chi connectivity index (χ1n) is 8.30. The Morgan fingerprint density at radius 1 is 0.905 bits per heavy atom. The van der Waals surface area contributed by atoms with Gasteiger partial charge in [0.2, 0.25) is 0 Å². The third-order valence-corrected chi connectivity index (χ3v) is 6.59. The van der Waals surface area contributed by atoms with Crippen LogP contribution in [-0.2, 0) is 13.3 Å². The van der Waals surface area contributed by atoms with E-state index in [-0.39, 0.29) is 0 Å². The van der Waals surface area contributed by atoms with Crippen LogP contribution in [0.15, 0.2) is 29.5 Å². The molecule has 1 rings (SSSR count). The van der Waals surface area contributed by atoms with E-state index in [2.05, 4.69) is 17.9 Å². The van der Waals surface area contributed by atoms with Crippen LogP contribution in [0, 0.1) is 0 Å². The first-order valence-corrected chi connectivity index (χ1v) is 10.2. The van der Waals surface area contributed by atoms with Crippen LogP contribution in [-0.4, -0.2) is 28.6 Å². The van der Waals surface area contributed by atoms with Crippen LogP contribution < -0.4 is 0 Å². The van der Waals surface area contributed by atoms with Gasteiger partial charge in [0.25, 0.3) is 0 Å². The van der Waals surface area contributed by atoms with Gasteiger partial charge < -0.3 is 13.3 Å². The van der Waals surface area contributed by atoms with Crippen molar-refractivity contribution in [2.75, 3.05) is 19.8 Å². The number of unbranched alkanes of at least 4 members (excludes halogenated alkanes) is 3. The van der Waals surface area contributed by atoms with Crippen LogP contribution in [0.2, 0.25) is 6.04 Å². The molecule has 0 N–H and O–H groups in total. The predicted octanol–water partition coefficient (Wildman–Crippen LogP) is 4.64. The van der Waals surface area contributed by atoms with Crippen LogP contribution >= 0.6 is 0 Å². The average Bonchev–Trinajstić information content (AvgIpc) is 2.97. The molecule has 0 atom stereocenters. The van der Waals surface area contributed by atoms with Gasteiger partial charge in [-0.3, -0.25) is 0 Å². The van der Waals surface area contributed by atoms with Crippen LogP contribution in [0.3, 0.4) is 0 Å². The van der Waals surface area contributed by atoms with Crippen molar-refractivity contribution in [2.24, 2.45) is 0 Å². The van der Waals surface area contributed by atoms with Gasteiger partial charge >= 0.3 is 8.80 Å². The van der Waals surface area contributed by atoms with Gasteiger partial charge in [0.05, 0.1) is 0 Å². The van der Waals surface area contributed by atoms with Gasteiger partial charge in [0, 0.05) is 25.9 Å². The molecule has 120 valence electrons. The summed E-state index contributed by atoms with van der Waals surface area (Å²) in [4.78, 5) is 0. The van der Waals surface area contributed by atoms with Gasteiger partial charge in [0.1, 0.15) is 0 Å². The Morgan fingerprint density at radius 2 is 1.52 bits per heavy atom. The van der Waals surface area contributed by atoms with Crippen LogP contribution in [0.4, 0.5) is 0 Å². The summed E-state index contributed by atoms with van der Waals surface area (Å²) in [5.41, 5.74) is 4.58. The Hall–Kier alpha value is -0.643. The normalized spacial score (nSPS) is 14.0. The number of rotatable bonds is 13. The molecule has 0 aromatic rings. The second kappa shape index (κ2) is 11.0. The third-order valence-electron chi connectivity index (χ3n) is 3.43. The molecule has 0 heterocycles. The lowest BCUT2D eigenvalue weighted by atomic mass is 10.1. The van der Waals surface area contributed by atoms with Gasteiger partial charge in [-0.25, -0.2) is 0 Å². The fraction of sp³-hybridized carbons (Fsp3) is 0.706. The SMILES string of the molecule is CCO[Si](CCCCCCC1=C=CC=C1)(OCC)OCC. The van der Waals surface area contributed by atoms with Crippen molar-refractivity contribution in [3.63, 3.8) is 0 Å². The minimum atomic E-state index is -2.42. The zero-order valence-electron chi connectivity index (χ0n) is 13.8. The van der Waals surface area contributed by atoms with Crippen molar-refractivity contribution in [3.8, 4) is 0 Å². The maximum Gasteiger partial charge on any atom is 0.500 e. The lowest BCUT2D eigenvalue weighted by Gasteiger charge is -2.28. The van der Waals surface area contributed by atoms with E-state index in [0.717, 1.165) is 18.9 Å². The standard InChI is InChI=1S/C17H30O3Si/c1-4-18-21(19-5-2,20-6-3)16-12-8-7-9-13-17-14-10-11-15-17/h10-11,14H,4-9,12-13,16H2,1-3H3. The van der Waals surface area contributed by atoms with Gasteiger partial charge in [-0.2, -0.15) is 0 Å². The number of hydrogen-bond donors (Lipinski definition) is 0. The van der Waals surface area contributed by atoms with E-state index >= 15 is 0 Å². The molecule has 0 aromatic carbocycles. The van der Waals surface area contributed by atoms with E-state index in [1.807, 2.05) is 26.8 Å². The fourth-order valence-electron chi connectivity index (χ4n) is 2.53. The Labute approximate surface area is 131 Å². The summed E-state index contributed by atoms with van der Waals surface area (Å²) < 4.78 is 17.6. The highest BCUT2D eigenvalue weighted by Crippen LogP contribution is 2.21. The first-order chi connectivity index (χ1) is 10.3. The lowest BCUT2D eigenvalue weighted by Crippen LogP contribution is -2.45. The van der Waals surface area contributed by atoms with Gasteiger partial charge in [-0.1, -0.05) is 25.0 Å². The van der Waals surface area contributed by atoms with E-state index in [0.29, 0.717) is 19.8 Å². The average molecular weight is 311 g/mol. The monoisotopic (exact) mass is 310 g/mol. The number of allylic oxidation sites excluding steroid dienone is 3. The molecule has 0 saturated heterocycles. The molecule has 0 unspecified atom stereocenters. The Morgan fingerprint density at radius 3 is 2.05 bits per heavy atom. The summed E-state index contributed by atoms with van der Waals surface area (Å²) in [6.07, 6.45) is 12.1. The van der Waals surface area contributed by atoms with Crippen LogP contribution in [0.1, 0.15) is 52.9 Å². The molecule has 0 radical (unpaired) electrons. The summed E-state index contributed by atoms with van der Waals surface area (Å²) in [7, 11) is -2.42. The topological polar surface area (TPSA) is 27.7 Å². The minimum Gasteiger partial charge on any atom is -0.374 e. The Bertz CT molecular complexity index is 353. The molecule has 0 fully saturated rings. The highest BCUT2D eigenvalue weighted by Gasteiger charge is 2.39. The molecule has 0 amide bonds. The Balaban J connectivity index is 2.22. The molecular formula is C17H30O3Si. The molecule has 21 heavy (non-hydrogen) atoms. The summed E-state index contributed by atoms with van der Waals surface area (Å²) in [5.74, 6) is 0. The zero-order chi connectivity index (χ0) is 15.4. The highest BCUT2D eigenvalue weighted by atomic mass is 28.4. The van der Waals surface area contributed by atoms with Gasteiger partial charge in [0.15, 0.2) is 0 Å². The van der Waals surface area contributed by atoms with E-state index < -0.39 is 8.80 Å². The first kappa shape index (κ1) is 18.4. The second-order valence-corrected chi connectivity index (χ2v) is 7.82. The smallest absolute Gasteiger partial charge is 0.374 e. The second-order valence-electron chi connectivity index (χ2n) is 5.09. The minimum absolute atomic E-state index is 0.666. The summed E-state index contributed by atoms with van der Waals surface area (Å²) in [6, 6.07) is 0.936. The van der Waals surface area contributed by atoms with E-state index in [1.165, 1.54) is 24.8 Å². The van der Waals surface area contributed by atoms with Crippen molar-refractivity contribution in [1.29, 1.82) is 0 Å². The lowest BCUT2D eigenvalue weighted by molar-refractivity contribution is 0.0706. The predicted molar refractivity (Wildman–Crippen MR) is 89.3 cm³/mol. The molecular weight excluding hydrogens is 280 g/mol. The van der Waals surface area contributed by atoms with Crippen molar-refractivity contribution in [1.82, 2.24) is 0 Å². The molecule has 4 heteroatoms. The maximum absolute atomic E-state index is 5.87. The van der Waals surface area contributed by atoms with Crippen LogP contribution in [0.25, 0.3) is 0 Å². The highest BCUT2D eigenvalue weighted by molar-refractivity contribution is 6.60. The van der Waals surface area contributed by atoms with Crippen LogP contribution in [0.5, 0.6) is 0 Å². The van der Waals surface area contributed by atoms with Crippen molar-refractivity contribution >= 4 is 8.80 Å². The molecule has 1 aliphatic carbocycles. The maximum atomic E-state index is 5.87. The fourth-order valence-corrected chi connectivity index (χ4v) is 5.22. The van der Waals surface area contributed by atoms with Crippen molar-refractivity contribution in [2.45, 2.75) is 58.9 Å². The molecule has 0 bridgehead atoms. The summed E-state index contributed by atoms with van der Waals surface area (Å²) in [6.45, 7) is 8.03. The number of hydrogen-bond acceptors (Lipinski definition) is 3. The van der Waals surface area contributed by atoms with E-state index in [1.54, 1.807) is 0 Å². The van der Waals surface area contributed by atoms with Gasteiger partial charge in [-0.15, -0.1) is 5.73 Å². The summed E-state index contributed by atoms with van der Waals surface area (Å²) >= 11 is 0. The largest absolute Gasteiger partial charge is 0.500 e. The zero-order valence-corrected chi connectivity index (χ0v) is 14.8. The molecule has 0 spiro atoms. The Kier molecular flexibility index (Phi) is 9.64. The van der Waals surface area contributed by atoms with Crippen molar-refractivity contribution < 1.29 is 13.3 Å². The van der Waals surface area contributed by atoms with Crippen molar-refractivity contribution in [3.05, 3.63) is 29.5 Å². The van der Waals surface area contributed by atoms with Gasteiger partial charge in [-0.05, 0) is 51.7 Å². The molecule has 1 aliphatic rings. The molecule has 3 nitrogen and oxygen atoms in total. The third kappa shape index (κ3) is 7.25. The molecule has 0 aromatic heterocycles. The van der Waals surface area contributed by atoms with E-state index in [9.17, 15) is 0 Å². The quantitative estimate of drug-likeness (QED) is 0.282. The summed E-state index contributed by atoms with van der Waals surface area (Å²) in [5, 5.41) is 0.